The maximum absolute atomic E-state index is 13.6. The molecule has 3 heterocycles. The van der Waals surface area contributed by atoms with E-state index in [2.05, 4.69) is 5.32 Å². The van der Waals surface area contributed by atoms with Crippen molar-refractivity contribution in [2.75, 3.05) is 10.2 Å². The lowest BCUT2D eigenvalue weighted by molar-refractivity contribution is -0.137. The number of nitrogens with zero attached hydrogens (tertiary/aromatic N) is 5. The highest BCUT2D eigenvalue weighted by atomic mass is 35.5. The smallest absolute Gasteiger partial charge is 0.337 e. The van der Waals surface area contributed by atoms with Crippen molar-refractivity contribution in [2.45, 2.75) is 19.1 Å². The third-order valence-corrected chi connectivity index (χ3v) is 8.09. The van der Waals surface area contributed by atoms with Gasteiger partial charge in [0.25, 0.3) is 0 Å². The third kappa shape index (κ3) is 4.74. The fraction of sp³-hybridized carbons (Fsp3) is 0.0938. The van der Waals surface area contributed by atoms with Crippen molar-refractivity contribution < 1.29 is 13.2 Å². The number of para-hydroxylation sites is 3. The summed E-state index contributed by atoms with van der Waals surface area (Å²) in [6.45, 7) is 1.93. The largest absolute Gasteiger partial charge is 0.416 e. The minimum atomic E-state index is -4.50. The number of nitrogens with one attached hydrogen (secondary N) is 1. The van der Waals surface area contributed by atoms with Crippen LogP contribution in [0.25, 0.3) is 5.69 Å². The quantitative estimate of drug-likeness (QED) is 0.220. The number of aliphatic imine (C=N–C) groups is 2. The summed E-state index contributed by atoms with van der Waals surface area (Å²) < 4.78 is 42.5. The van der Waals surface area contributed by atoms with Gasteiger partial charge in [-0.2, -0.15) is 18.3 Å². The number of alkyl halides is 3. The average molecular weight is 617 g/mol. The number of aromatic nitrogens is 2. The van der Waals surface area contributed by atoms with Crippen LogP contribution >= 0.6 is 23.2 Å². The zero-order valence-electron chi connectivity index (χ0n) is 22.4. The van der Waals surface area contributed by atoms with E-state index in [0.717, 1.165) is 40.3 Å². The monoisotopic (exact) mass is 616 g/mol. The number of hydrogen-bond donors (Lipinski definition) is 1. The van der Waals surface area contributed by atoms with Crippen LogP contribution in [-0.2, 0) is 6.18 Å². The molecule has 6 nitrogen and oxygen atoms in total. The molecule has 1 unspecified atom stereocenters. The lowest BCUT2D eigenvalue weighted by Gasteiger charge is -2.40. The van der Waals surface area contributed by atoms with Gasteiger partial charge in [0.15, 0.2) is 17.5 Å². The number of hydrogen-bond acceptors (Lipinski definition) is 5. The topological polar surface area (TPSA) is 57.8 Å². The normalized spacial score (nSPS) is 15.7. The van der Waals surface area contributed by atoms with E-state index in [-0.39, 0.29) is 11.5 Å². The molecular formula is C32H21Cl2F3N6. The summed E-state index contributed by atoms with van der Waals surface area (Å²) in [6, 6.07) is 27.1. The molecule has 1 N–H and O–H groups in total. The Bertz CT molecular complexity index is 1950. The summed E-state index contributed by atoms with van der Waals surface area (Å²) in [4.78, 5) is 11.9. The Hall–Kier alpha value is -4.60. The second kappa shape index (κ2) is 10.3. The van der Waals surface area contributed by atoms with Crippen molar-refractivity contribution >= 4 is 57.8 Å². The summed E-state index contributed by atoms with van der Waals surface area (Å²) in [5, 5.41) is 8.81. The Morgan fingerprint density at radius 2 is 1.58 bits per heavy atom. The molecule has 0 fully saturated rings. The second-order valence-electron chi connectivity index (χ2n) is 10.1. The minimum absolute atomic E-state index is 0.222. The van der Waals surface area contributed by atoms with Crippen molar-refractivity contribution in [3.05, 3.63) is 129 Å². The number of benzene rings is 4. The van der Waals surface area contributed by atoms with Crippen LogP contribution in [-0.4, -0.2) is 21.5 Å². The molecular weight excluding hydrogens is 596 g/mol. The van der Waals surface area contributed by atoms with E-state index in [1.165, 1.54) is 6.07 Å². The molecule has 0 saturated carbocycles. The molecule has 2 aliphatic rings. The van der Waals surface area contributed by atoms with Crippen LogP contribution in [0.5, 0.6) is 0 Å². The third-order valence-electron chi connectivity index (χ3n) is 7.35. The van der Waals surface area contributed by atoms with Gasteiger partial charge in [0.2, 0.25) is 0 Å². The van der Waals surface area contributed by atoms with Crippen LogP contribution in [0.2, 0.25) is 10.0 Å². The highest BCUT2D eigenvalue weighted by molar-refractivity contribution is 6.51. The van der Waals surface area contributed by atoms with Crippen LogP contribution in [0.3, 0.4) is 0 Å². The van der Waals surface area contributed by atoms with Gasteiger partial charge in [-0.1, -0.05) is 65.7 Å². The van der Waals surface area contributed by atoms with Crippen molar-refractivity contribution in [1.29, 1.82) is 0 Å². The molecule has 1 atom stereocenters. The molecule has 7 rings (SSSR count). The van der Waals surface area contributed by atoms with Gasteiger partial charge in [0.05, 0.1) is 44.4 Å². The van der Waals surface area contributed by atoms with Gasteiger partial charge < -0.3 is 10.2 Å². The first kappa shape index (κ1) is 27.2. The molecule has 0 amide bonds. The predicted molar refractivity (Wildman–Crippen MR) is 165 cm³/mol. The van der Waals surface area contributed by atoms with Crippen molar-refractivity contribution in [2.24, 2.45) is 9.98 Å². The maximum Gasteiger partial charge on any atom is 0.416 e. The number of amidine groups is 2. The van der Waals surface area contributed by atoms with E-state index < -0.39 is 17.8 Å². The average Bonchev–Trinajstić information content (AvgIpc) is 3.33. The number of halogens is 5. The first-order chi connectivity index (χ1) is 20.7. The zero-order chi connectivity index (χ0) is 29.9. The second-order valence-corrected chi connectivity index (χ2v) is 10.9. The standard InChI is InChI=1S/C32H21Cl2F3N6/c1-18-27-28(19-14-15-23(33)24(34)16-19)42-26-13-6-5-12-25(26)39-29(38-21-9-7-8-20(17-21)32(35,36)37)31(42)40-30(27)43(41-18)22-10-3-2-4-11-22/h2-17,28H,1H3,(H,38,39). The summed E-state index contributed by atoms with van der Waals surface area (Å²) >= 11 is 12.9. The van der Waals surface area contributed by atoms with E-state index in [4.69, 9.17) is 38.3 Å². The molecule has 2 aliphatic heterocycles. The van der Waals surface area contributed by atoms with Crippen LogP contribution in [0.4, 0.5) is 36.1 Å². The molecule has 11 heteroatoms. The highest BCUT2D eigenvalue weighted by Gasteiger charge is 2.41. The van der Waals surface area contributed by atoms with Crippen LogP contribution in [0.15, 0.2) is 107 Å². The van der Waals surface area contributed by atoms with Gasteiger partial charge in [0.1, 0.15) is 0 Å². The Morgan fingerprint density at radius 3 is 2.35 bits per heavy atom. The van der Waals surface area contributed by atoms with Gasteiger partial charge >= 0.3 is 6.18 Å². The van der Waals surface area contributed by atoms with E-state index >= 15 is 0 Å². The maximum atomic E-state index is 13.6. The Morgan fingerprint density at radius 1 is 0.814 bits per heavy atom. The summed E-state index contributed by atoms with van der Waals surface area (Å²) in [5.41, 5.74) is 4.07. The number of aryl methyl sites for hydroxylation is 1. The van der Waals surface area contributed by atoms with Crippen molar-refractivity contribution in [1.82, 2.24) is 9.78 Å². The van der Waals surface area contributed by atoms with Crippen LogP contribution < -0.4 is 10.2 Å². The van der Waals surface area contributed by atoms with Crippen LogP contribution in [0.1, 0.15) is 28.4 Å². The molecule has 0 aliphatic carbocycles. The SMILES string of the molecule is Cc1nn(-c2ccccc2)c2c1C(c1ccc(Cl)c(Cl)c1)N1C(=N2)C(Nc2cccc(C(F)(F)F)c2)=Nc2ccccc21. The number of rotatable bonds is 3. The number of anilines is 2. The summed E-state index contributed by atoms with van der Waals surface area (Å²) in [7, 11) is 0. The van der Waals surface area contributed by atoms with E-state index in [9.17, 15) is 13.2 Å². The first-order valence-corrected chi connectivity index (χ1v) is 14.0. The molecule has 1 aromatic heterocycles. The Balaban J connectivity index is 1.48. The molecule has 5 aromatic rings. The number of fused-ring (bicyclic) bond motifs is 4. The molecule has 0 spiro atoms. The van der Waals surface area contributed by atoms with Crippen molar-refractivity contribution in [3.8, 4) is 5.69 Å². The molecule has 4 aromatic carbocycles. The first-order valence-electron chi connectivity index (χ1n) is 13.3. The molecule has 0 saturated heterocycles. The molecule has 214 valence electrons. The summed E-state index contributed by atoms with van der Waals surface area (Å²) in [6.07, 6.45) is -4.50. The fourth-order valence-electron chi connectivity index (χ4n) is 5.45. The van der Waals surface area contributed by atoms with Gasteiger partial charge in [-0.15, -0.1) is 0 Å². The Kier molecular flexibility index (Phi) is 6.52. The lowest BCUT2D eigenvalue weighted by atomic mass is 9.93. The van der Waals surface area contributed by atoms with Crippen molar-refractivity contribution in [3.63, 3.8) is 0 Å². The van der Waals surface area contributed by atoms with Gasteiger partial charge in [0, 0.05) is 11.3 Å². The van der Waals surface area contributed by atoms with E-state index in [1.54, 1.807) is 16.8 Å². The fourth-order valence-corrected chi connectivity index (χ4v) is 5.76. The zero-order valence-corrected chi connectivity index (χ0v) is 24.0. The lowest BCUT2D eigenvalue weighted by Crippen LogP contribution is -2.46. The predicted octanol–water partition coefficient (Wildman–Crippen LogP) is 9.30. The van der Waals surface area contributed by atoms with Crippen LogP contribution in [0, 0.1) is 6.92 Å². The highest BCUT2D eigenvalue weighted by Crippen LogP contribution is 2.49. The minimum Gasteiger partial charge on any atom is -0.337 e. The van der Waals surface area contributed by atoms with E-state index in [1.807, 2.05) is 78.6 Å². The summed E-state index contributed by atoms with van der Waals surface area (Å²) in [5.74, 6) is 1.27. The Labute approximate surface area is 254 Å². The van der Waals surface area contributed by atoms with Gasteiger partial charge in [-0.3, -0.25) is 0 Å². The van der Waals surface area contributed by atoms with Gasteiger partial charge in [-0.25, -0.2) is 14.7 Å². The molecule has 0 bridgehead atoms. The molecule has 43 heavy (non-hydrogen) atoms. The van der Waals surface area contributed by atoms with Gasteiger partial charge in [-0.05, 0) is 67.1 Å². The van der Waals surface area contributed by atoms with E-state index in [0.29, 0.717) is 27.4 Å². The molecule has 0 radical (unpaired) electrons.